The molecule has 1 aliphatic rings. The molecule has 4 nitrogen and oxygen atoms in total. The fraction of sp³-hybridized carbons (Fsp3) is 0.562. The van der Waals surface area contributed by atoms with E-state index in [-0.39, 0.29) is 0 Å². The number of thiazole rings is 1. The third kappa shape index (κ3) is 3.36. The summed E-state index contributed by atoms with van der Waals surface area (Å²) in [6, 6.07) is 6.59. The van der Waals surface area contributed by atoms with Gasteiger partial charge >= 0.3 is 0 Å². The Labute approximate surface area is 130 Å². The average molecular weight is 304 g/mol. The third-order valence-corrected chi connectivity index (χ3v) is 4.99. The maximum Gasteiger partial charge on any atom is 0.107 e. The molecule has 1 fully saturated rings. The van der Waals surface area contributed by atoms with Gasteiger partial charge in [-0.25, -0.2) is 4.98 Å². The Bertz CT molecular complexity index is 599. The maximum absolute atomic E-state index is 5.68. The van der Waals surface area contributed by atoms with E-state index in [2.05, 4.69) is 46.8 Å². The molecule has 0 bridgehead atoms. The molecule has 2 aromatic rings. The SMILES string of the molecule is CC(C)CN1CCN(c2ccc3nc(CN)sc3c2)CC1. The monoisotopic (exact) mass is 304 g/mol. The minimum absolute atomic E-state index is 0.530. The summed E-state index contributed by atoms with van der Waals surface area (Å²) < 4.78 is 1.25. The van der Waals surface area contributed by atoms with Crippen molar-refractivity contribution in [3.05, 3.63) is 23.2 Å². The number of rotatable bonds is 4. The van der Waals surface area contributed by atoms with E-state index in [4.69, 9.17) is 5.73 Å². The summed E-state index contributed by atoms with van der Waals surface area (Å²) in [6.07, 6.45) is 0. The number of nitrogens with zero attached hydrogens (tertiary/aromatic N) is 3. The number of piperazine rings is 1. The highest BCUT2D eigenvalue weighted by atomic mass is 32.1. The summed E-state index contributed by atoms with van der Waals surface area (Å²) in [7, 11) is 0. The summed E-state index contributed by atoms with van der Waals surface area (Å²) in [5, 5.41) is 1.02. The number of fused-ring (bicyclic) bond motifs is 1. The minimum atomic E-state index is 0.530. The van der Waals surface area contributed by atoms with Crippen molar-refractivity contribution in [1.82, 2.24) is 9.88 Å². The first kappa shape index (κ1) is 14.8. The van der Waals surface area contributed by atoms with Crippen LogP contribution in [0.3, 0.4) is 0 Å². The topological polar surface area (TPSA) is 45.4 Å². The summed E-state index contributed by atoms with van der Waals surface area (Å²) >= 11 is 1.71. The van der Waals surface area contributed by atoms with Gasteiger partial charge in [0.2, 0.25) is 0 Å². The second-order valence-electron chi connectivity index (χ2n) is 6.15. The lowest BCUT2D eigenvalue weighted by molar-refractivity contribution is 0.231. The molecule has 1 aromatic heterocycles. The van der Waals surface area contributed by atoms with Crippen LogP contribution < -0.4 is 10.6 Å². The van der Waals surface area contributed by atoms with Gasteiger partial charge in [0.05, 0.1) is 10.2 Å². The van der Waals surface area contributed by atoms with Crippen molar-refractivity contribution in [2.75, 3.05) is 37.6 Å². The molecule has 21 heavy (non-hydrogen) atoms. The Morgan fingerprint density at radius 3 is 2.67 bits per heavy atom. The van der Waals surface area contributed by atoms with Gasteiger partial charge < -0.3 is 10.6 Å². The van der Waals surface area contributed by atoms with Crippen LogP contribution in [0.2, 0.25) is 0 Å². The smallest absolute Gasteiger partial charge is 0.107 e. The normalized spacial score (nSPS) is 17.0. The highest BCUT2D eigenvalue weighted by molar-refractivity contribution is 7.18. The highest BCUT2D eigenvalue weighted by Crippen LogP contribution is 2.27. The predicted octanol–water partition coefficient (Wildman–Crippen LogP) is 2.53. The molecule has 1 aliphatic heterocycles. The van der Waals surface area contributed by atoms with Gasteiger partial charge in [0.1, 0.15) is 5.01 Å². The molecule has 0 unspecified atom stereocenters. The second-order valence-corrected chi connectivity index (χ2v) is 7.26. The van der Waals surface area contributed by atoms with Crippen molar-refractivity contribution in [2.45, 2.75) is 20.4 Å². The first-order valence-electron chi connectivity index (χ1n) is 7.72. The van der Waals surface area contributed by atoms with Gasteiger partial charge in [0, 0.05) is 45.0 Å². The molecule has 0 spiro atoms. The van der Waals surface area contributed by atoms with Gasteiger partial charge in [-0.3, -0.25) is 4.90 Å². The Morgan fingerprint density at radius 1 is 1.24 bits per heavy atom. The quantitative estimate of drug-likeness (QED) is 0.943. The lowest BCUT2D eigenvalue weighted by Gasteiger charge is -2.36. The number of hydrogen-bond donors (Lipinski definition) is 1. The lowest BCUT2D eigenvalue weighted by Crippen LogP contribution is -2.47. The van der Waals surface area contributed by atoms with Gasteiger partial charge in [-0.05, 0) is 24.1 Å². The lowest BCUT2D eigenvalue weighted by atomic mass is 10.2. The fourth-order valence-electron chi connectivity index (χ4n) is 2.95. The number of nitrogens with two attached hydrogens (primary N) is 1. The minimum Gasteiger partial charge on any atom is -0.369 e. The predicted molar refractivity (Wildman–Crippen MR) is 91.0 cm³/mol. The molecule has 0 aliphatic carbocycles. The zero-order valence-corrected chi connectivity index (χ0v) is 13.7. The van der Waals surface area contributed by atoms with E-state index in [0.717, 1.165) is 42.6 Å². The van der Waals surface area contributed by atoms with Gasteiger partial charge in [0.25, 0.3) is 0 Å². The first-order chi connectivity index (χ1) is 10.2. The Hall–Kier alpha value is -1.17. The van der Waals surface area contributed by atoms with Gasteiger partial charge in [-0.15, -0.1) is 11.3 Å². The molecule has 1 saturated heterocycles. The molecule has 3 rings (SSSR count). The van der Waals surface area contributed by atoms with Crippen LogP contribution in [0.15, 0.2) is 18.2 Å². The fourth-order valence-corrected chi connectivity index (χ4v) is 3.83. The van der Waals surface area contributed by atoms with Crippen LogP contribution in [0.4, 0.5) is 5.69 Å². The number of hydrogen-bond acceptors (Lipinski definition) is 5. The molecule has 114 valence electrons. The molecule has 2 heterocycles. The van der Waals surface area contributed by atoms with Crippen LogP contribution in [-0.4, -0.2) is 42.6 Å². The van der Waals surface area contributed by atoms with E-state index >= 15 is 0 Å². The van der Waals surface area contributed by atoms with Crippen molar-refractivity contribution in [3.63, 3.8) is 0 Å². The van der Waals surface area contributed by atoms with Crippen LogP contribution in [0.5, 0.6) is 0 Å². The largest absolute Gasteiger partial charge is 0.369 e. The molecule has 1 aromatic carbocycles. The zero-order valence-electron chi connectivity index (χ0n) is 12.9. The number of benzene rings is 1. The molecule has 2 N–H and O–H groups in total. The van der Waals surface area contributed by atoms with E-state index in [0.29, 0.717) is 6.54 Å². The second kappa shape index (κ2) is 6.30. The maximum atomic E-state index is 5.68. The Kier molecular flexibility index (Phi) is 4.42. The van der Waals surface area contributed by atoms with Crippen molar-refractivity contribution in [2.24, 2.45) is 11.7 Å². The molecular formula is C16H24N4S. The van der Waals surface area contributed by atoms with E-state index in [1.807, 2.05) is 0 Å². The van der Waals surface area contributed by atoms with Crippen molar-refractivity contribution < 1.29 is 0 Å². The van der Waals surface area contributed by atoms with Crippen molar-refractivity contribution in [3.8, 4) is 0 Å². The zero-order chi connectivity index (χ0) is 14.8. The van der Waals surface area contributed by atoms with Crippen molar-refractivity contribution >= 4 is 27.2 Å². The summed E-state index contributed by atoms with van der Waals surface area (Å²) in [5.74, 6) is 0.750. The van der Waals surface area contributed by atoms with Crippen LogP contribution >= 0.6 is 11.3 Å². The molecular weight excluding hydrogens is 280 g/mol. The van der Waals surface area contributed by atoms with E-state index < -0.39 is 0 Å². The average Bonchev–Trinajstić information content (AvgIpc) is 2.89. The van der Waals surface area contributed by atoms with Crippen LogP contribution in [0, 0.1) is 5.92 Å². The van der Waals surface area contributed by atoms with Crippen LogP contribution in [-0.2, 0) is 6.54 Å². The van der Waals surface area contributed by atoms with E-state index in [1.54, 1.807) is 11.3 Å². The number of anilines is 1. The van der Waals surface area contributed by atoms with Gasteiger partial charge in [-0.1, -0.05) is 13.8 Å². The Morgan fingerprint density at radius 2 is 2.00 bits per heavy atom. The van der Waals surface area contributed by atoms with Crippen LogP contribution in [0.1, 0.15) is 18.9 Å². The molecule has 0 radical (unpaired) electrons. The number of aromatic nitrogens is 1. The summed E-state index contributed by atoms with van der Waals surface area (Å²) in [6.45, 7) is 10.9. The third-order valence-electron chi connectivity index (χ3n) is 3.95. The highest BCUT2D eigenvalue weighted by Gasteiger charge is 2.18. The Balaban J connectivity index is 1.70. The van der Waals surface area contributed by atoms with E-state index in [1.165, 1.54) is 16.9 Å². The molecule has 5 heteroatoms. The molecule has 0 saturated carbocycles. The van der Waals surface area contributed by atoms with Crippen molar-refractivity contribution in [1.29, 1.82) is 0 Å². The first-order valence-corrected chi connectivity index (χ1v) is 8.54. The molecule has 0 atom stereocenters. The standard InChI is InChI=1S/C16H24N4S/c1-12(2)11-19-5-7-20(8-6-19)13-3-4-14-15(9-13)21-16(10-17)18-14/h3-4,9,12H,5-8,10-11,17H2,1-2H3. The summed E-state index contributed by atoms with van der Waals surface area (Å²) in [4.78, 5) is 9.58. The van der Waals surface area contributed by atoms with Gasteiger partial charge in [0.15, 0.2) is 0 Å². The molecule has 0 amide bonds. The van der Waals surface area contributed by atoms with E-state index in [9.17, 15) is 0 Å². The van der Waals surface area contributed by atoms with Gasteiger partial charge in [-0.2, -0.15) is 0 Å². The summed E-state index contributed by atoms with van der Waals surface area (Å²) in [5.41, 5.74) is 8.07. The van der Waals surface area contributed by atoms with Crippen LogP contribution in [0.25, 0.3) is 10.2 Å².